The molecule has 116 valence electrons. The fourth-order valence-electron chi connectivity index (χ4n) is 1.72. The van der Waals surface area contributed by atoms with E-state index < -0.39 is 0 Å². The van der Waals surface area contributed by atoms with Crippen molar-refractivity contribution in [2.24, 2.45) is 5.92 Å². The summed E-state index contributed by atoms with van der Waals surface area (Å²) in [4.78, 5) is 11.6. The van der Waals surface area contributed by atoms with Gasteiger partial charge in [0.25, 0.3) is 5.91 Å². The van der Waals surface area contributed by atoms with Crippen LogP contribution in [0.25, 0.3) is 0 Å². The Hall–Kier alpha value is -1.52. The first-order chi connectivity index (χ1) is 10.0. The van der Waals surface area contributed by atoms with E-state index in [0.717, 1.165) is 12.1 Å². The summed E-state index contributed by atoms with van der Waals surface area (Å²) < 4.78 is 5.57. The van der Waals surface area contributed by atoms with Crippen LogP contribution in [-0.4, -0.2) is 25.6 Å². The van der Waals surface area contributed by atoms with Gasteiger partial charge in [-0.05, 0) is 18.5 Å². The highest BCUT2D eigenvalue weighted by molar-refractivity contribution is 6.32. The summed E-state index contributed by atoms with van der Waals surface area (Å²) in [5.41, 5.74) is 0.944. The van der Waals surface area contributed by atoms with Crippen LogP contribution in [0.4, 0.5) is 0 Å². The van der Waals surface area contributed by atoms with Crippen LogP contribution >= 0.6 is 11.6 Å². The van der Waals surface area contributed by atoms with E-state index in [-0.39, 0.29) is 12.5 Å². The van der Waals surface area contributed by atoms with E-state index in [1.165, 1.54) is 0 Å². The van der Waals surface area contributed by atoms with Gasteiger partial charge in [-0.3, -0.25) is 4.79 Å². The van der Waals surface area contributed by atoms with Crippen LogP contribution in [0.5, 0.6) is 5.75 Å². The SMILES string of the molecule is C=CCNC(=O)COc1c(Cl)cccc1CNCC(C)C. The molecule has 0 radical (unpaired) electrons. The van der Waals surface area contributed by atoms with Crippen molar-refractivity contribution in [1.82, 2.24) is 10.6 Å². The molecule has 0 aromatic heterocycles. The largest absolute Gasteiger partial charge is 0.482 e. The molecule has 0 saturated heterocycles. The Morgan fingerprint density at radius 1 is 1.48 bits per heavy atom. The lowest BCUT2D eigenvalue weighted by Gasteiger charge is -2.14. The zero-order valence-electron chi connectivity index (χ0n) is 12.6. The van der Waals surface area contributed by atoms with Crippen LogP contribution in [0.15, 0.2) is 30.9 Å². The molecule has 1 aromatic rings. The van der Waals surface area contributed by atoms with Gasteiger partial charge >= 0.3 is 0 Å². The van der Waals surface area contributed by atoms with Gasteiger partial charge < -0.3 is 15.4 Å². The van der Waals surface area contributed by atoms with Crippen molar-refractivity contribution in [3.63, 3.8) is 0 Å². The highest BCUT2D eigenvalue weighted by Crippen LogP contribution is 2.28. The lowest BCUT2D eigenvalue weighted by molar-refractivity contribution is -0.122. The van der Waals surface area contributed by atoms with Crippen molar-refractivity contribution in [1.29, 1.82) is 0 Å². The first-order valence-electron chi connectivity index (χ1n) is 7.03. The smallest absolute Gasteiger partial charge is 0.258 e. The number of carbonyl (C=O) groups is 1. The average Bonchev–Trinajstić information content (AvgIpc) is 2.44. The van der Waals surface area contributed by atoms with E-state index in [1.54, 1.807) is 12.1 Å². The van der Waals surface area contributed by atoms with Gasteiger partial charge in [-0.25, -0.2) is 0 Å². The van der Waals surface area contributed by atoms with Gasteiger partial charge in [-0.15, -0.1) is 6.58 Å². The second-order valence-corrected chi connectivity index (χ2v) is 5.54. The standard InChI is InChI=1S/C16H23ClN2O2/c1-4-8-19-15(20)11-21-16-13(6-5-7-14(16)17)10-18-9-12(2)3/h4-7,12,18H,1,8-11H2,2-3H3,(H,19,20). The first kappa shape index (κ1) is 17.5. The van der Waals surface area contributed by atoms with Gasteiger partial charge in [0.1, 0.15) is 5.75 Å². The van der Waals surface area contributed by atoms with Crippen molar-refractivity contribution in [3.05, 3.63) is 41.4 Å². The maximum atomic E-state index is 11.6. The maximum absolute atomic E-state index is 11.6. The second kappa shape index (κ2) is 9.42. The highest BCUT2D eigenvalue weighted by Gasteiger charge is 2.10. The van der Waals surface area contributed by atoms with Gasteiger partial charge in [0.2, 0.25) is 0 Å². The third-order valence-electron chi connectivity index (χ3n) is 2.71. The molecule has 0 spiro atoms. The summed E-state index contributed by atoms with van der Waals surface area (Å²) in [5, 5.41) is 6.51. The minimum absolute atomic E-state index is 0.0608. The molecule has 1 amide bonds. The van der Waals surface area contributed by atoms with E-state index >= 15 is 0 Å². The van der Waals surface area contributed by atoms with E-state index in [1.807, 2.05) is 12.1 Å². The number of hydrogen-bond donors (Lipinski definition) is 2. The summed E-state index contributed by atoms with van der Waals surface area (Å²) in [7, 11) is 0. The molecule has 0 aliphatic heterocycles. The quantitative estimate of drug-likeness (QED) is 0.690. The van der Waals surface area contributed by atoms with Gasteiger partial charge in [-0.1, -0.05) is 43.7 Å². The van der Waals surface area contributed by atoms with Crippen molar-refractivity contribution in [3.8, 4) is 5.75 Å². The number of hydrogen-bond acceptors (Lipinski definition) is 3. The topological polar surface area (TPSA) is 50.4 Å². The molecule has 1 rings (SSSR count). The predicted octanol–water partition coefficient (Wildman–Crippen LogP) is 2.77. The Kier molecular flexibility index (Phi) is 7.87. The van der Waals surface area contributed by atoms with Crippen LogP contribution < -0.4 is 15.4 Å². The number of para-hydroxylation sites is 1. The normalized spacial score (nSPS) is 10.5. The molecule has 0 fully saturated rings. The monoisotopic (exact) mass is 310 g/mol. The van der Waals surface area contributed by atoms with Crippen LogP contribution in [-0.2, 0) is 11.3 Å². The Morgan fingerprint density at radius 3 is 2.90 bits per heavy atom. The third-order valence-corrected chi connectivity index (χ3v) is 3.01. The molecule has 2 N–H and O–H groups in total. The summed E-state index contributed by atoms with van der Waals surface area (Å²) in [6, 6.07) is 5.57. The lowest BCUT2D eigenvalue weighted by Crippen LogP contribution is -2.29. The molecular formula is C16H23ClN2O2. The van der Waals surface area contributed by atoms with Gasteiger partial charge in [0.05, 0.1) is 5.02 Å². The molecule has 0 aliphatic carbocycles. The van der Waals surface area contributed by atoms with Gasteiger partial charge in [-0.2, -0.15) is 0 Å². The van der Waals surface area contributed by atoms with E-state index in [9.17, 15) is 4.79 Å². The predicted molar refractivity (Wildman–Crippen MR) is 86.7 cm³/mol. The molecule has 0 heterocycles. The fourth-order valence-corrected chi connectivity index (χ4v) is 1.97. The zero-order valence-corrected chi connectivity index (χ0v) is 13.4. The van der Waals surface area contributed by atoms with Gasteiger partial charge in [0, 0.05) is 18.7 Å². The number of halogens is 1. The fraction of sp³-hybridized carbons (Fsp3) is 0.438. The number of carbonyl (C=O) groups excluding carboxylic acids is 1. The molecule has 0 unspecified atom stereocenters. The van der Waals surface area contributed by atoms with Crippen LogP contribution in [0, 0.1) is 5.92 Å². The van der Waals surface area contributed by atoms with Crippen LogP contribution in [0.3, 0.4) is 0 Å². The van der Waals surface area contributed by atoms with Gasteiger partial charge in [0.15, 0.2) is 6.61 Å². The van der Waals surface area contributed by atoms with Crippen LogP contribution in [0.1, 0.15) is 19.4 Å². The van der Waals surface area contributed by atoms with Crippen LogP contribution in [0.2, 0.25) is 5.02 Å². The summed E-state index contributed by atoms with van der Waals surface area (Å²) in [6.45, 7) is 9.76. The maximum Gasteiger partial charge on any atom is 0.258 e. The molecule has 21 heavy (non-hydrogen) atoms. The number of rotatable bonds is 9. The molecule has 0 atom stereocenters. The molecule has 5 heteroatoms. The number of amides is 1. The minimum Gasteiger partial charge on any atom is -0.482 e. The van der Waals surface area contributed by atoms with E-state index in [0.29, 0.717) is 29.8 Å². The van der Waals surface area contributed by atoms with Crippen molar-refractivity contribution in [2.75, 3.05) is 19.7 Å². The third kappa shape index (κ3) is 6.65. The Balaban J connectivity index is 2.62. The average molecular weight is 311 g/mol. The summed E-state index contributed by atoms with van der Waals surface area (Å²) in [6.07, 6.45) is 1.62. The second-order valence-electron chi connectivity index (χ2n) is 5.13. The Morgan fingerprint density at radius 2 is 2.24 bits per heavy atom. The minimum atomic E-state index is -0.198. The van der Waals surface area contributed by atoms with Crippen molar-refractivity contribution >= 4 is 17.5 Å². The zero-order chi connectivity index (χ0) is 15.7. The van der Waals surface area contributed by atoms with Crippen molar-refractivity contribution in [2.45, 2.75) is 20.4 Å². The highest BCUT2D eigenvalue weighted by atomic mass is 35.5. The lowest BCUT2D eigenvalue weighted by atomic mass is 10.2. The van der Waals surface area contributed by atoms with E-state index in [2.05, 4.69) is 31.1 Å². The Labute approximate surface area is 131 Å². The molecule has 1 aromatic carbocycles. The number of ether oxygens (including phenoxy) is 1. The molecular weight excluding hydrogens is 288 g/mol. The molecule has 0 bridgehead atoms. The molecule has 0 aliphatic rings. The van der Waals surface area contributed by atoms with Crippen molar-refractivity contribution < 1.29 is 9.53 Å². The van der Waals surface area contributed by atoms with E-state index in [4.69, 9.17) is 16.3 Å². The summed E-state index contributed by atoms with van der Waals surface area (Å²) in [5.74, 6) is 0.929. The number of benzene rings is 1. The first-order valence-corrected chi connectivity index (χ1v) is 7.41. The molecule has 0 saturated carbocycles. The molecule has 4 nitrogen and oxygen atoms in total. The summed E-state index contributed by atoms with van der Waals surface area (Å²) >= 11 is 6.16. The number of nitrogens with one attached hydrogen (secondary N) is 2. The Bertz CT molecular complexity index is 475.